The fourth-order valence-electron chi connectivity index (χ4n) is 4.83. The Balaban J connectivity index is 1.46. The molecule has 1 aliphatic heterocycles. The van der Waals surface area contributed by atoms with Crippen molar-refractivity contribution in [1.29, 1.82) is 0 Å². The van der Waals surface area contributed by atoms with Gasteiger partial charge in [0.2, 0.25) is 17.7 Å². The molecule has 2 aliphatic rings. The maximum Gasteiger partial charge on any atom is 0.226 e. The van der Waals surface area contributed by atoms with E-state index < -0.39 is 0 Å². The van der Waals surface area contributed by atoms with Crippen LogP contribution in [0.2, 0.25) is 0 Å². The number of rotatable bonds is 9. The number of aromatic nitrogens is 2. The molecule has 1 saturated carbocycles. The van der Waals surface area contributed by atoms with E-state index in [1.807, 2.05) is 9.80 Å². The zero-order valence-corrected chi connectivity index (χ0v) is 18.9. The summed E-state index contributed by atoms with van der Waals surface area (Å²) in [6, 6.07) is 0.0863. The second-order valence-corrected chi connectivity index (χ2v) is 9.49. The van der Waals surface area contributed by atoms with Crippen LogP contribution >= 0.6 is 0 Å². The van der Waals surface area contributed by atoms with E-state index in [1.54, 1.807) is 6.92 Å². The van der Waals surface area contributed by atoms with E-state index in [2.05, 4.69) is 24.0 Å². The van der Waals surface area contributed by atoms with Gasteiger partial charge in [-0.1, -0.05) is 51.1 Å². The van der Waals surface area contributed by atoms with Gasteiger partial charge in [0.15, 0.2) is 5.82 Å². The van der Waals surface area contributed by atoms with E-state index >= 15 is 0 Å². The molecule has 2 fully saturated rings. The number of likely N-dealkylation sites (tertiary alicyclic amines) is 1. The van der Waals surface area contributed by atoms with Gasteiger partial charge >= 0.3 is 0 Å². The number of hydrogen-bond acceptors (Lipinski definition) is 5. The molecule has 3 rings (SSSR count). The fraction of sp³-hybridized carbons (Fsp3) is 0.826. The predicted molar refractivity (Wildman–Crippen MR) is 115 cm³/mol. The van der Waals surface area contributed by atoms with E-state index in [-0.39, 0.29) is 17.9 Å². The molecule has 0 aromatic carbocycles. The Morgan fingerprint density at radius 2 is 1.97 bits per heavy atom. The average molecular weight is 419 g/mol. The lowest BCUT2D eigenvalue weighted by atomic mass is 9.86. The molecule has 30 heavy (non-hydrogen) atoms. The molecule has 2 amide bonds. The summed E-state index contributed by atoms with van der Waals surface area (Å²) in [5.41, 5.74) is 0. The number of carbonyl (C=O) groups is 2. The van der Waals surface area contributed by atoms with Gasteiger partial charge in [-0.15, -0.1) is 0 Å². The van der Waals surface area contributed by atoms with Crippen LogP contribution in [-0.4, -0.2) is 57.4 Å². The van der Waals surface area contributed by atoms with Crippen LogP contribution in [-0.2, 0) is 22.4 Å². The maximum absolute atomic E-state index is 12.7. The highest BCUT2D eigenvalue weighted by atomic mass is 16.5. The van der Waals surface area contributed by atoms with E-state index in [0.29, 0.717) is 43.6 Å². The van der Waals surface area contributed by atoms with Crippen molar-refractivity contribution in [2.45, 2.75) is 91.0 Å². The summed E-state index contributed by atoms with van der Waals surface area (Å²) in [5.74, 6) is 2.79. The Bertz CT molecular complexity index is 696. The Morgan fingerprint density at radius 1 is 1.20 bits per heavy atom. The molecule has 1 saturated heterocycles. The molecule has 1 aromatic heterocycles. The fourth-order valence-corrected chi connectivity index (χ4v) is 4.83. The van der Waals surface area contributed by atoms with Gasteiger partial charge < -0.3 is 14.3 Å². The monoisotopic (exact) mass is 418 g/mol. The molecule has 0 radical (unpaired) electrons. The van der Waals surface area contributed by atoms with Crippen LogP contribution in [0.4, 0.5) is 0 Å². The minimum absolute atomic E-state index is 0.0439. The van der Waals surface area contributed by atoms with Crippen molar-refractivity contribution in [2.24, 2.45) is 11.8 Å². The summed E-state index contributed by atoms with van der Waals surface area (Å²) in [4.78, 5) is 33.2. The maximum atomic E-state index is 12.7. The van der Waals surface area contributed by atoms with Crippen LogP contribution < -0.4 is 0 Å². The van der Waals surface area contributed by atoms with E-state index in [4.69, 9.17) is 4.52 Å². The first-order valence-corrected chi connectivity index (χ1v) is 11.8. The van der Waals surface area contributed by atoms with Crippen LogP contribution in [0.5, 0.6) is 0 Å². The normalized spacial score (nSPS) is 20.1. The third-order valence-corrected chi connectivity index (χ3v) is 6.52. The Morgan fingerprint density at radius 3 is 2.67 bits per heavy atom. The van der Waals surface area contributed by atoms with Crippen molar-refractivity contribution >= 4 is 11.8 Å². The van der Waals surface area contributed by atoms with Gasteiger partial charge in [-0.2, -0.15) is 4.98 Å². The molecular formula is C23H38N4O3. The molecule has 7 heteroatoms. The Kier molecular flexibility index (Phi) is 8.28. The lowest BCUT2D eigenvalue weighted by Crippen LogP contribution is -2.42. The molecule has 1 atom stereocenters. The molecule has 7 nitrogen and oxygen atoms in total. The molecule has 0 N–H and O–H groups in total. The van der Waals surface area contributed by atoms with Crippen molar-refractivity contribution in [2.75, 3.05) is 19.6 Å². The van der Waals surface area contributed by atoms with Gasteiger partial charge in [-0.3, -0.25) is 9.59 Å². The van der Waals surface area contributed by atoms with Crippen molar-refractivity contribution in [1.82, 2.24) is 19.9 Å². The predicted octanol–water partition coefficient (Wildman–Crippen LogP) is 3.62. The molecule has 0 bridgehead atoms. The highest BCUT2D eigenvalue weighted by Gasteiger charge is 2.32. The molecule has 0 spiro atoms. The van der Waals surface area contributed by atoms with E-state index in [1.165, 1.54) is 32.1 Å². The topological polar surface area (TPSA) is 79.5 Å². The van der Waals surface area contributed by atoms with Gasteiger partial charge in [-0.05, 0) is 24.7 Å². The summed E-state index contributed by atoms with van der Waals surface area (Å²) < 4.78 is 5.30. The molecule has 168 valence electrons. The first-order chi connectivity index (χ1) is 14.4. The third kappa shape index (κ3) is 6.54. The second-order valence-electron chi connectivity index (χ2n) is 9.49. The highest BCUT2D eigenvalue weighted by Crippen LogP contribution is 2.28. The minimum atomic E-state index is 0.0439. The summed E-state index contributed by atoms with van der Waals surface area (Å²) in [6.07, 6.45) is 10.4. The number of amides is 2. The van der Waals surface area contributed by atoms with Gasteiger partial charge in [0.25, 0.3) is 0 Å². The molecule has 1 aliphatic carbocycles. The SMILES string of the molecule is CC(=O)N(CCc1noc(CC(C)C)n1)C1CCN(C(=O)CCC2CCCCC2)C1. The highest BCUT2D eigenvalue weighted by molar-refractivity contribution is 5.77. The van der Waals surface area contributed by atoms with E-state index in [0.717, 1.165) is 31.7 Å². The standard InChI is InChI=1S/C23H38N4O3/c1-17(2)15-22-24-21(25-30-22)12-14-27(18(3)28)20-11-13-26(16-20)23(29)10-9-19-7-5-4-6-8-19/h17,19-20H,4-16H2,1-3H3. The third-order valence-electron chi connectivity index (χ3n) is 6.52. The van der Waals surface area contributed by atoms with Gasteiger partial charge in [0.05, 0.1) is 6.04 Å². The lowest BCUT2D eigenvalue weighted by Gasteiger charge is -2.28. The number of carbonyl (C=O) groups excluding carboxylic acids is 2. The van der Waals surface area contributed by atoms with Gasteiger partial charge in [0, 0.05) is 45.8 Å². The number of nitrogens with zero attached hydrogens (tertiary/aromatic N) is 4. The Labute approximate surface area is 180 Å². The molecular weight excluding hydrogens is 380 g/mol. The quantitative estimate of drug-likeness (QED) is 0.612. The number of hydrogen-bond donors (Lipinski definition) is 0. The van der Waals surface area contributed by atoms with Crippen molar-refractivity contribution in [3.63, 3.8) is 0 Å². The van der Waals surface area contributed by atoms with Gasteiger partial charge in [-0.25, -0.2) is 0 Å². The van der Waals surface area contributed by atoms with Crippen LogP contribution in [0.15, 0.2) is 4.52 Å². The van der Waals surface area contributed by atoms with Crippen LogP contribution in [0, 0.1) is 11.8 Å². The first kappa shape index (κ1) is 22.8. The largest absolute Gasteiger partial charge is 0.341 e. The van der Waals surface area contributed by atoms with Crippen molar-refractivity contribution in [3.05, 3.63) is 11.7 Å². The molecule has 1 unspecified atom stereocenters. The zero-order chi connectivity index (χ0) is 21.5. The summed E-state index contributed by atoms with van der Waals surface area (Å²) >= 11 is 0. The lowest BCUT2D eigenvalue weighted by molar-refractivity contribution is -0.133. The van der Waals surface area contributed by atoms with E-state index in [9.17, 15) is 9.59 Å². The smallest absolute Gasteiger partial charge is 0.226 e. The molecule has 1 aromatic rings. The first-order valence-electron chi connectivity index (χ1n) is 11.8. The molecule has 2 heterocycles. The zero-order valence-electron chi connectivity index (χ0n) is 18.9. The van der Waals surface area contributed by atoms with Crippen LogP contribution in [0.25, 0.3) is 0 Å². The van der Waals surface area contributed by atoms with Crippen molar-refractivity contribution in [3.8, 4) is 0 Å². The average Bonchev–Trinajstić information content (AvgIpc) is 3.36. The summed E-state index contributed by atoms with van der Waals surface area (Å²) in [6.45, 7) is 7.79. The van der Waals surface area contributed by atoms with Crippen LogP contribution in [0.1, 0.15) is 83.9 Å². The minimum Gasteiger partial charge on any atom is -0.341 e. The Hall–Kier alpha value is -1.92. The van der Waals surface area contributed by atoms with Crippen molar-refractivity contribution < 1.29 is 14.1 Å². The second kappa shape index (κ2) is 10.9. The van der Waals surface area contributed by atoms with Gasteiger partial charge in [0.1, 0.15) is 0 Å². The van der Waals surface area contributed by atoms with Crippen LogP contribution in [0.3, 0.4) is 0 Å². The summed E-state index contributed by atoms with van der Waals surface area (Å²) in [5, 5.41) is 4.05. The summed E-state index contributed by atoms with van der Waals surface area (Å²) in [7, 11) is 0.